The van der Waals surface area contributed by atoms with Gasteiger partial charge in [0.15, 0.2) is 0 Å². The van der Waals surface area contributed by atoms with Crippen molar-refractivity contribution in [3.63, 3.8) is 0 Å². The monoisotopic (exact) mass is 267 g/mol. The fourth-order valence-corrected chi connectivity index (χ4v) is 2.17. The van der Waals surface area contributed by atoms with E-state index in [1.165, 1.54) is 0 Å². The second-order valence-electron chi connectivity index (χ2n) is 4.77. The fraction of sp³-hybridized carbons (Fsp3) is 0.235. The first-order valence-corrected chi connectivity index (χ1v) is 6.45. The van der Waals surface area contributed by atoms with Crippen LogP contribution in [0, 0.1) is 18.3 Å². The van der Waals surface area contributed by atoms with Gasteiger partial charge in [-0.2, -0.15) is 5.26 Å². The molecule has 2 aromatic carbocycles. The van der Waals surface area contributed by atoms with Gasteiger partial charge in [0.05, 0.1) is 24.8 Å². The summed E-state index contributed by atoms with van der Waals surface area (Å²) in [6.07, 6.45) is -0.130. The smallest absolute Gasteiger partial charge is 0.122 e. The molecule has 0 aliphatic heterocycles. The van der Waals surface area contributed by atoms with Crippen LogP contribution in [-0.4, -0.2) is 12.2 Å². The molecule has 0 saturated heterocycles. The molecule has 1 unspecified atom stereocenters. The first-order chi connectivity index (χ1) is 9.63. The summed E-state index contributed by atoms with van der Waals surface area (Å²) >= 11 is 0. The zero-order valence-corrected chi connectivity index (χ0v) is 11.6. The van der Waals surface area contributed by atoms with Gasteiger partial charge in [-0.15, -0.1) is 0 Å². The van der Waals surface area contributed by atoms with E-state index in [1.807, 2.05) is 25.1 Å². The summed E-state index contributed by atoms with van der Waals surface area (Å²) < 4.78 is 5.32. The average Bonchev–Trinajstić information content (AvgIpc) is 2.47. The molecule has 1 atom stereocenters. The molecule has 1 N–H and O–H groups in total. The summed E-state index contributed by atoms with van der Waals surface area (Å²) in [6.45, 7) is 2.01. The lowest BCUT2D eigenvalue weighted by Crippen LogP contribution is -2.03. The van der Waals surface area contributed by atoms with E-state index in [2.05, 4.69) is 6.07 Å². The molecule has 0 bridgehead atoms. The van der Waals surface area contributed by atoms with E-state index >= 15 is 0 Å². The number of hydrogen-bond acceptors (Lipinski definition) is 3. The Morgan fingerprint density at radius 2 is 1.90 bits per heavy atom. The average molecular weight is 267 g/mol. The maximum Gasteiger partial charge on any atom is 0.122 e. The Kier molecular flexibility index (Phi) is 4.39. The van der Waals surface area contributed by atoms with Gasteiger partial charge in [0, 0.05) is 6.42 Å². The number of methoxy groups -OCH3 is 1. The summed E-state index contributed by atoms with van der Waals surface area (Å²) in [6, 6.07) is 15.0. The highest BCUT2D eigenvalue weighted by atomic mass is 16.5. The van der Waals surface area contributed by atoms with Crippen LogP contribution in [0.2, 0.25) is 0 Å². The lowest BCUT2D eigenvalue weighted by atomic mass is 9.99. The number of nitrogens with zero attached hydrogens (tertiary/aromatic N) is 1. The first kappa shape index (κ1) is 14.1. The van der Waals surface area contributed by atoms with Gasteiger partial charge in [-0.25, -0.2) is 0 Å². The molecule has 0 heterocycles. The van der Waals surface area contributed by atoms with Gasteiger partial charge in [0.2, 0.25) is 0 Å². The minimum absolute atomic E-state index is 0.483. The highest BCUT2D eigenvalue weighted by Gasteiger charge is 2.12. The number of benzene rings is 2. The fourth-order valence-electron chi connectivity index (χ4n) is 2.17. The standard InChI is InChI=1S/C17H17NO2/c1-12-3-8-17(20-2)15(9-12)10-16(19)14-6-4-13(11-18)5-7-14/h3-9,16,19H,10H2,1-2H3. The van der Waals surface area contributed by atoms with Crippen LogP contribution >= 0.6 is 0 Å². The molecule has 0 aliphatic rings. The number of ether oxygens (including phenoxy) is 1. The summed E-state index contributed by atoms with van der Waals surface area (Å²) in [4.78, 5) is 0. The highest BCUT2D eigenvalue weighted by Crippen LogP contribution is 2.26. The van der Waals surface area contributed by atoms with E-state index in [0.717, 1.165) is 22.4 Å². The Bertz CT molecular complexity index is 626. The van der Waals surface area contributed by atoms with Crippen molar-refractivity contribution in [1.29, 1.82) is 5.26 Å². The van der Waals surface area contributed by atoms with Gasteiger partial charge in [0.1, 0.15) is 5.75 Å². The lowest BCUT2D eigenvalue weighted by Gasteiger charge is -2.14. The highest BCUT2D eigenvalue weighted by molar-refractivity contribution is 5.39. The van der Waals surface area contributed by atoms with Gasteiger partial charge < -0.3 is 9.84 Å². The van der Waals surface area contributed by atoms with Crippen LogP contribution in [0.15, 0.2) is 42.5 Å². The van der Waals surface area contributed by atoms with Crippen molar-refractivity contribution in [2.24, 2.45) is 0 Å². The van der Waals surface area contributed by atoms with Crippen molar-refractivity contribution in [1.82, 2.24) is 0 Å². The Labute approximate surface area is 119 Å². The topological polar surface area (TPSA) is 53.2 Å². The van der Waals surface area contributed by atoms with Crippen molar-refractivity contribution >= 4 is 0 Å². The molecule has 3 heteroatoms. The number of hydrogen-bond donors (Lipinski definition) is 1. The third-order valence-electron chi connectivity index (χ3n) is 3.27. The largest absolute Gasteiger partial charge is 0.496 e. The third kappa shape index (κ3) is 3.17. The molecule has 0 saturated carbocycles. The first-order valence-electron chi connectivity index (χ1n) is 6.45. The van der Waals surface area contributed by atoms with Crippen LogP contribution in [0.1, 0.15) is 28.4 Å². The molecule has 102 valence electrons. The molecular weight excluding hydrogens is 250 g/mol. The van der Waals surface area contributed by atoms with Crippen molar-refractivity contribution in [2.45, 2.75) is 19.4 Å². The van der Waals surface area contributed by atoms with E-state index in [0.29, 0.717) is 12.0 Å². The Morgan fingerprint density at radius 3 is 2.50 bits per heavy atom. The van der Waals surface area contributed by atoms with Crippen molar-refractivity contribution in [2.75, 3.05) is 7.11 Å². The van der Waals surface area contributed by atoms with Crippen LogP contribution in [0.4, 0.5) is 0 Å². The van der Waals surface area contributed by atoms with Crippen molar-refractivity contribution in [3.05, 3.63) is 64.7 Å². The quantitative estimate of drug-likeness (QED) is 0.925. The minimum atomic E-state index is -0.613. The molecule has 20 heavy (non-hydrogen) atoms. The van der Waals surface area contributed by atoms with E-state index < -0.39 is 6.10 Å². The van der Waals surface area contributed by atoms with Crippen molar-refractivity contribution < 1.29 is 9.84 Å². The van der Waals surface area contributed by atoms with E-state index in [-0.39, 0.29) is 0 Å². The molecule has 0 fully saturated rings. The molecule has 0 aromatic heterocycles. The summed E-state index contributed by atoms with van der Waals surface area (Å²) in [7, 11) is 1.63. The number of aliphatic hydroxyl groups excluding tert-OH is 1. The lowest BCUT2D eigenvalue weighted by molar-refractivity contribution is 0.177. The molecule has 2 rings (SSSR count). The van der Waals surface area contributed by atoms with E-state index in [4.69, 9.17) is 10.00 Å². The summed E-state index contributed by atoms with van der Waals surface area (Å²) in [5.41, 5.74) is 3.50. The molecular formula is C17H17NO2. The van der Waals surface area contributed by atoms with Gasteiger partial charge in [-0.05, 0) is 36.2 Å². The van der Waals surface area contributed by atoms with Gasteiger partial charge in [0.25, 0.3) is 0 Å². The maximum absolute atomic E-state index is 10.3. The molecule has 0 amide bonds. The number of rotatable bonds is 4. The SMILES string of the molecule is COc1ccc(C)cc1CC(O)c1ccc(C#N)cc1. The van der Waals surface area contributed by atoms with Gasteiger partial charge in [-0.1, -0.05) is 29.8 Å². The van der Waals surface area contributed by atoms with Gasteiger partial charge >= 0.3 is 0 Å². The summed E-state index contributed by atoms with van der Waals surface area (Å²) in [5.74, 6) is 0.781. The number of aliphatic hydroxyl groups is 1. The third-order valence-corrected chi connectivity index (χ3v) is 3.27. The Balaban J connectivity index is 2.20. The molecule has 0 spiro atoms. The van der Waals surface area contributed by atoms with E-state index in [9.17, 15) is 5.11 Å². The van der Waals surface area contributed by atoms with Gasteiger partial charge in [-0.3, -0.25) is 0 Å². The predicted molar refractivity (Wildman–Crippen MR) is 77.6 cm³/mol. The predicted octanol–water partition coefficient (Wildman–Crippen LogP) is 3.15. The number of nitriles is 1. The second kappa shape index (κ2) is 6.23. The van der Waals surface area contributed by atoms with Crippen LogP contribution < -0.4 is 4.74 Å². The zero-order valence-electron chi connectivity index (χ0n) is 11.6. The molecule has 0 radical (unpaired) electrons. The second-order valence-corrected chi connectivity index (χ2v) is 4.77. The zero-order chi connectivity index (χ0) is 14.5. The van der Waals surface area contributed by atoms with Crippen LogP contribution in [-0.2, 0) is 6.42 Å². The van der Waals surface area contributed by atoms with Crippen molar-refractivity contribution in [3.8, 4) is 11.8 Å². The van der Waals surface area contributed by atoms with E-state index in [1.54, 1.807) is 31.4 Å². The Hall–Kier alpha value is -2.31. The molecule has 0 aliphatic carbocycles. The molecule has 3 nitrogen and oxygen atoms in total. The van der Waals surface area contributed by atoms with Crippen LogP contribution in [0.5, 0.6) is 5.75 Å². The van der Waals surface area contributed by atoms with Crippen LogP contribution in [0.3, 0.4) is 0 Å². The summed E-state index contributed by atoms with van der Waals surface area (Å²) in [5, 5.41) is 19.1. The normalized spacial score (nSPS) is 11.7. The Morgan fingerprint density at radius 1 is 1.20 bits per heavy atom. The van der Waals surface area contributed by atoms with Crippen LogP contribution in [0.25, 0.3) is 0 Å². The minimum Gasteiger partial charge on any atom is -0.496 e. The number of aryl methyl sites for hydroxylation is 1. The maximum atomic E-state index is 10.3. The molecule has 2 aromatic rings.